The van der Waals surface area contributed by atoms with E-state index in [1.165, 1.54) is 18.2 Å². The molecule has 92 valence electrons. The van der Waals surface area contributed by atoms with Crippen molar-refractivity contribution < 1.29 is 14.1 Å². The first-order chi connectivity index (χ1) is 8.56. The molecule has 0 aliphatic rings. The molecule has 0 amide bonds. The first kappa shape index (κ1) is 11.9. The standard InChI is InChI=1S/C11H8FN3O3/c1-7-4-8(15(16)17)2-3-9(7)18-11-5-10(12)13-6-14-11/h2-6H,1H3. The third-order valence-electron chi connectivity index (χ3n) is 2.19. The molecule has 0 bridgehead atoms. The van der Waals surface area contributed by atoms with Crippen molar-refractivity contribution in [3.8, 4) is 11.6 Å². The molecule has 0 unspecified atom stereocenters. The summed E-state index contributed by atoms with van der Waals surface area (Å²) in [6, 6.07) is 5.14. The number of aryl methyl sites for hydroxylation is 1. The lowest BCUT2D eigenvalue weighted by Gasteiger charge is -2.06. The molecule has 0 atom stereocenters. The number of nitro groups is 1. The van der Waals surface area contributed by atoms with E-state index in [-0.39, 0.29) is 11.6 Å². The van der Waals surface area contributed by atoms with Gasteiger partial charge in [-0.3, -0.25) is 10.1 Å². The highest BCUT2D eigenvalue weighted by atomic mass is 19.1. The Morgan fingerprint density at radius 3 is 2.72 bits per heavy atom. The SMILES string of the molecule is Cc1cc([N+](=O)[O-])ccc1Oc1cc(F)ncn1. The molecule has 0 N–H and O–H groups in total. The van der Waals surface area contributed by atoms with Crippen LogP contribution in [0.25, 0.3) is 0 Å². The molecule has 0 saturated heterocycles. The van der Waals surface area contributed by atoms with Gasteiger partial charge in [-0.15, -0.1) is 0 Å². The average Bonchev–Trinajstić information content (AvgIpc) is 2.31. The van der Waals surface area contributed by atoms with Gasteiger partial charge in [0.05, 0.1) is 11.0 Å². The third-order valence-corrected chi connectivity index (χ3v) is 2.19. The Balaban J connectivity index is 2.27. The zero-order valence-electron chi connectivity index (χ0n) is 9.33. The van der Waals surface area contributed by atoms with Crippen LogP contribution in [-0.4, -0.2) is 14.9 Å². The molecule has 0 aliphatic heterocycles. The Bertz CT molecular complexity index is 604. The molecule has 1 aromatic carbocycles. The molecule has 0 fully saturated rings. The van der Waals surface area contributed by atoms with Crippen LogP contribution in [0, 0.1) is 23.0 Å². The zero-order chi connectivity index (χ0) is 13.1. The second-order valence-corrected chi connectivity index (χ2v) is 3.49. The summed E-state index contributed by atoms with van der Waals surface area (Å²) in [5.41, 5.74) is 0.525. The van der Waals surface area contributed by atoms with Crippen molar-refractivity contribution >= 4 is 5.69 Å². The number of hydrogen-bond donors (Lipinski definition) is 0. The lowest BCUT2D eigenvalue weighted by Crippen LogP contribution is -1.94. The minimum Gasteiger partial charge on any atom is -0.439 e. The van der Waals surface area contributed by atoms with E-state index in [9.17, 15) is 14.5 Å². The lowest BCUT2D eigenvalue weighted by atomic mass is 10.2. The normalized spacial score (nSPS) is 10.1. The number of aromatic nitrogens is 2. The fourth-order valence-electron chi connectivity index (χ4n) is 1.35. The molecular formula is C11H8FN3O3. The molecule has 2 rings (SSSR count). The van der Waals surface area contributed by atoms with Crippen LogP contribution in [-0.2, 0) is 0 Å². The Morgan fingerprint density at radius 2 is 2.11 bits per heavy atom. The highest BCUT2D eigenvalue weighted by molar-refractivity contribution is 5.44. The maximum absolute atomic E-state index is 12.8. The van der Waals surface area contributed by atoms with Gasteiger partial charge in [-0.1, -0.05) is 0 Å². The predicted molar refractivity (Wildman–Crippen MR) is 59.9 cm³/mol. The highest BCUT2D eigenvalue weighted by Gasteiger charge is 2.10. The van der Waals surface area contributed by atoms with Crippen LogP contribution in [0.5, 0.6) is 11.6 Å². The van der Waals surface area contributed by atoms with Crippen LogP contribution in [0.1, 0.15) is 5.56 Å². The average molecular weight is 249 g/mol. The fraction of sp³-hybridized carbons (Fsp3) is 0.0909. The Morgan fingerprint density at radius 1 is 1.33 bits per heavy atom. The van der Waals surface area contributed by atoms with Crippen molar-refractivity contribution in [3.05, 3.63) is 52.2 Å². The summed E-state index contributed by atoms with van der Waals surface area (Å²) < 4.78 is 18.1. The van der Waals surface area contributed by atoms with Gasteiger partial charge in [-0.25, -0.2) is 9.97 Å². The molecule has 18 heavy (non-hydrogen) atoms. The minimum absolute atomic E-state index is 0.0336. The summed E-state index contributed by atoms with van der Waals surface area (Å²) in [5, 5.41) is 10.6. The second kappa shape index (κ2) is 4.74. The van der Waals surface area contributed by atoms with Gasteiger partial charge in [0.15, 0.2) is 0 Å². The number of benzene rings is 1. The van der Waals surface area contributed by atoms with Crippen LogP contribution < -0.4 is 4.74 Å². The molecule has 0 radical (unpaired) electrons. The van der Waals surface area contributed by atoms with Crippen LogP contribution >= 0.6 is 0 Å². The van der Waals surface area contributed by atoms with E-state index in [2.05, 4.69) is 9.97 Å². The Labute approximate surface area is 101 Å². The van der Waals surface area contributed by atoms with Gasteiger partial charge < -0.3 is 4.74 Å². The van der Waals surface area contributed by atoms with E-state index in [0.29, 0.717) is 11.3 Å². The molecule has 7 heteroatoms. The van der Waals surface area contributed by atoms with Crippen molar-refractivity contribution in [2.24, 2.45) is 0 Å². The molecule has 6 nitrogen and oxygen atoms in total. The van der Waals surface area contributed by atoms with Crippen LogP contribution in [0.2, 0.25) is 0 Å². The van der Waals surface area contributed by atoms with Gasteiger partial charge in [-0.2, -0.15) is 4.39 Å². The number of halogens is 1. The van der Waals surface area contributed by atoms with Crippen molar-refractivity contribution in [3.63, 3.8) is 0 Å². The Hall–Kier alpha value is -2.57. The smallest absolute Gasteiger partial charge is 0.269 e. The summed E-state index contributed by atoms with van der Waals surface area (Å²) in [5.74, 6) is -0.294. The number of non-ortho nitro benzene ring substituents is 1. The predicted octanol–water partition coefficient (Wildman–Crippen LogP) is 2.62. The number of ether oxygens (including phenoxy) is 1. The maximum Gasteiger partial charge on any atom is 0.269 e. The molecule has 2 aromatic rings. The molecule has 1 heterocycles. The van der Waals surface area contributed by atoms with Crippen LogP contribution in [0.3, 0.4) is 0 Å². The van der Waals surface area contributed by atoms with Crippen molar-refractivity contribution in [2.75, 3.05) is 0 Å². The maximum atomic E-state index is 12.8. The van der Waals surface area contributed by atoms with Crippen molar-refractivity contribution in [2.45, 2.75) is 6.92 Å². The van der Waals surface area contributed by atoms with E-state index in [1.807, 2.05) is 0 Å². The van der Waals surface area contributed by atoms with Crippen molar-refractivity contribution in [1.82, 2.24) is 9.97 Å². The third kappa shape index (κ3) is 2.57. The van der Waals surface area contributed by atoms with Gasteiger partial charge in [0.1, 0.15) is 12.1 Å². The highest BCUT2D eigenvalue weighted by Crippen LogP contribution is 2.26. The summed E-state index contributed by atoms with van der Waals surface area (Å²) >= 11 is 0. The molecular weight excluding hydrogens is 241 g/mol. The zero-order valence-corrected chi connectivity index (χ0v) is 9.33. The van der Waals surface area contributed by atoms with E-state index >= 15 is 0 Å². The van der Waals surface area contributed by atoms with E-state index in [4.69, 9.17) is 4.74 Å². The molecule has 0 saturated carbocycles. The first-order valence-electron chi connectivity index (χ1n) is 4.96. The first-order valence-corrected chi connectivity index (χ1v) is 4.96. The van der Waals surface area contributed by atoms with Gasteiger partial charge in [0, 0.05) is 12.1 Å². The summed E-state index contributed by atoms with van der Waals surface area (Å²) in [4.78, 5) is 17.1. The van der Waals surface area contributed by atoms with Gasteiger partial charge >= 0.3 is 0 Å². The van der Waals surface area contributed by atoms with E-state index in [0.717, 1.165) is 12.4 Å². The van der Waals surface area contributed by atoms with Gasteiger partial charge in [0.25, 0.3) is 5.69 Å². The quantitative estimate of drug-likeness (QED) is 0.474. The number of nitro benzene ring substituents is 1. The van der Waals surface area contributed by atoms with E-state index in [1.54, 1.807) is 6.92 Å². The Kier molecular flexibility index (Phi) is 3.13. The largest absolute Gasteiger partial charge is 0.439 e. The summed E-state index contributed by atoms with van der Waals surface area (Å²) in [6.07, 6.45) is 1.03. The lowest BCUT2D eigenvalue weighted by molar-refractivity contribution is -0.384. The van der Waals surface area contributed by atoms with Crippen LogP contribution in [0.4, 0.5) is 10.1 Å². The monoisotopic (exact) mass is 249 g/mol. The molecule has 0 aliphatic carbocycles. The summed E-state index contributed by atoms with van der Waals surface area (Å²) in [7, 11) is 0. The van der Waals surface area contributed by atoms with Crippen LogP contribution in [0.15, 0.2) is 30.6 Å². The fourth-order valence-corrected chi connectivity index (χ4v) is 1.35. The summed E-state index contributed by atoms with van der Waals surface area (Å²) in [6.45, 7) is 1.65. The number of hydrogen-bond acceptors (Lipinski definition) is 5. The molecule has 1 aromatic heterocycles. The van der Waals surface area contributed by atoms with E-state index < -0.39 is 10.9 Å². The minimum atomic E-state index is -0.709. The topological polar surface area (TPSA) is 78.2 Å². The van der Waals surface area contributed by atoms with Gasteiger partial charge in [-0.05, 0) is 18.6 Å². The van der Waals surface area contributed by atoms with Gasteiger partial charge in [0.2, 0.25) is 11.8 Å². The molecule has 0 spiro atoms. The second-order valence-electron chi connectivity index (χ2n) is 3.49. The number of rotatable bonds is 3. The number of nitrogens with zero attached hydrogens (tertiary/aromatic N) is 3. The van der Waals surface area contributed by atoms with Crippen molar-refractivity contribution in [1.29, 1.82) is 0 Å².